The number of fused-ring (bicyclic) bond motifs is 2. The van der Waals surface area contributed by atoms with Gasteiger partial charge in [-0.1, -0.05) is 6.92 Å². The van der Waals surface area contributed by atoms with Crippen LogP contribution >= 0.6 is 31.9 Å². The molecule has 2 atom stereocenters. The third kappa shape index (κ3) is 3.34. The molecule has 5 nitrogen and oxygen atoms in total. The lowest BCUT2D eigenvalue weighted by atomic mass is 9.74. The minimum Gasteiger partial charge on any atom is -0.317 e. The van der Waals surface area contributed by atoms with Gasteiger partial charge in [-0.25, -0.2) is 5.48 Å². The van der Waals surface area contributed by atoms with Crippen LogP contribution in [0.3, 0.4) is 0 Å². The number of nitrogens with zero attached hydrogens (tertiary/aromatic N) is 2. The van der Waals surface area contributed by atoms with E-state index in [2.05, 4.69) is 66.7 Å². The number of carbonyl (C=O) groups excluding carboxylic acids is 1. The first-order valence-corrected chi connectivity index (χ1v) is 11.6. The Morgan fingerprint density at radius 2 is 2.18 bits per heavy atom. The lowest BCUT2D eigenvalue weighted by molar-refractivity contribution is -0.134. The molecule has 0 unspecified atom stereocenters. The van der Waals surface area contributed by atoms with Gasteiger partial charge in [0.2, 0.25) is 5.91 Å². The van der Waals surface area contributed by atoms with Crippen LogP contribution in [0, 0.1) is 6.92 Å². The van der Waals surface area contributed by atoms with Crippen molar-refractivity contribution in [1.82, 2.24) is 14.9 Å². The van der Waals surface area contributed by atoms with E-state index in [4.69, 9.17) is 4.84 Å². The quantitative estimate of drug-likeness (QED) is 0.572. The van der Waals surface area contributed by atoms with Gasteiger partial charge in [0, 0.05) is 34.4 Å². The number of carbonyl (C=O) groups is 1. The van der Waals surface area contributed by atoms with E-state index >= 15 is 0 Å². The summed E-state index contributed by atoms with van der Waals surface area (Å²) in [5.74, 6) is 0.382. The topological polar surface area (TPSA) is 46.5 Å². The summed E-state index contributed by atoms with van der Waals surface area (Å²) in [7, 11) is 0. The molecular formula is C21H27Br2N3O2. The lowest BCUT2D eigenvalue weighted by Gasteiger charge is -2.44. The van der Waals surface area contributed by atoms with Crippen molar-refractivity contribution in [2.45, 2.75) is 65.1 Å². The number of piperidine rings is 1. The maximum Gasteiger partial charge on any atom is 0.240 e. The second-order valence-electron chi connectivity index (χ2n) is 7.97. The Balaban J connectivity index is 1.84. The Morgan fingerprint density at radius 1 is 1.39 bits per heavy atom. The van der Waals surface area contributed by atoms with Gasteiger partial charge in [-0.3, -0.25) is 14.5 Å². The molecule has 2 heterocycles. The number of benzene rings is 1. The second kappa shape index (κ2) is 8.09. The zero-order chi connectivity index (χ0) is 20.0. The van der Waals surface area contributed by atoms with Gasteiger partial charge in [0.1, 0.15) is 0 Å². The van der Waals surface area contributed by atoms with Gasteiger partial charge >= 0.3 is 0 Å². The minimum absolute atomic E-state index is 0.194. The zero-order valence-corrected chi connectivity index (χ0v) is 19.8. The number of aromatic nitrogens is 1. The fourth-order valence-corrected chi connectivity index (χ4v) is 6.11. The summed E-state index contributed by atoms with van der Waals surface area (Å²) >= 11 is 7.56. The number of hydrogen-bond acceptors (Lipinski definition) is 3. The fourth-order valence-electron chi connectivity index (χ4n) is 5.15. The number of hydrogen-bond donors (Lipinski definition) is 1. The van der Waals surface area contributed by atoms with Crippen LogP contribution in [0.25, 0.3) is 10.9 Å². The van der Waals surface area contributed by atoms with Crippen molar-refractivity contribution in [3.05, 3.63) is 31.8 Å². The van der Waals surface area contributed by atoms with E-state index in [0.29, 0.717) is 18.7 Å². The molecule has 1 fully saturated rings. The first kappa shape index (κ1) is 20.4. The molecule has 1 amide bonds. The number of halogens is 2. The lowest BCUT2D eigenvalue weighted by Crippen LogP contribution is -2.47. The standard InChI is InChI=1S/C21H27Br2N3O2/c1-4-7-25-8-5-6-14-16-9-17(22)20(23)21-19(16)15(10-18(14)25)12(2)26(21)11-28-24-13(3)27/h9,14,18H,4-8,10-11H2,1-3H3,(H,24,27)/t14-,18-/m1/s1. The summed E-state index contributed by atoms with van der Waals surface area (Å²) in [5, 5.41) is 1.37. The van der Waals surface area contributed by atoms with E-state index < -0.39 is 0 Å². The van der Waals surface area contributed by atoms with Crippen molar-refractivity contribution < 1.29 is 9.63 Å². The van der Waals surface area contributed by atoms with E-state index in [1.54, 1.807) is 0 Å². The normalized spacial score (nSPS) is 21.8. The van der Waals surface area contributed by atoms with Crippen molar-refractivity contribution in [2.75, 3.05) is 13.1 Å². The summed E-state index contributed by atoms with van der Waals surface area (Å²) < 4.78 is 4.31. The van der Waals surface area contributed by atoms with Crippen LogP contribution in [0.4, 0.5) is 0 Å². The molecule has 1 N–H and O–H groups in total. The molecule has 2 aliphatic rings. The Bertz CT molecular complexity index is 922. The first-order chi connectivity index (χ1) is 13.4. The average Bonchev–Trinajstić information content (AvgIpc) is 2.93. The molecule has 1 aromatic heterocycles. The van der Waals surface area contributed by atoms with Gasteiger partial charge in [-0.15, -0.1) is 0 Å². The van der Waals surface area contributed by atoms with Gasteiger partial charge in [0.15, 0.2) is 6.73 Å². The molecule has 0 spiro atoms. The van der Waals surface area contributed by atoms with Crippen molar-refractivity contribution in [2.24, 2.45) is 0 Å². The Morgan fingerprint density at radius 3 is 2.89 bits per heavy atom. The number of hydroxylamine groups is 1. The Labute approximate surface area is 183 Å². The van der Waals surface area contributed by atoms with Crippen LogP contribution in [0.15, 0.2) is 15.0 Å². The summed E-state index contributed by atoms with van der Waals surface area (Å²) in [6.45, 7) is 8.57. The average molecular weight is 513 g/mol. The van der Waals surface area contributed by atoms with Crippen molar-refractivity contribution >= 4 is 48.7 Å². The number of rotatable bonds is 5. The summed E-state index contributed by atoms with van der Waals surface area (Å²) in [6, 6.07) is 2.89. The van der Waals surface area contributed by atoms with Crippen LogP contribution in [0.2, 0.25) is 0 Å². The summed E-state index contributed by atoms with van der Waals surface area (Å²) in [5.41, 5.74) is 7.72. The monoisotopic (exact) mass is 511 g/mol. The van der Waals surface area contributed by atoms with Gasteiger partial charge in [-0.2, -0.15) is 0 Å². The van der Waals surface area contributed by atoms with Crippen LogP contribution in [0.5, 0.6) is 0 Å². The molecule has 1 aromatic carbocycles. The predicted octanol–water partition coefficient (Wildman–Crippen LogP) is 5.01. The molecule has 2 aromatic rings. The van der Waals surface area contributed by atoms with Crippen LogP contribution < -0.4 is 5.48 Å². The maximum absolute atomic E-state index is 11.2. The number of likely N-dealkylation sites (tertiary alicyclic amines) is 1. The molecule has 0 saturated carbocycles. The molecule has 1 saturated heterocycles. The third-order valence-corrected chi connectivity index (χ3v) is 8.23. The molecule has 4 rings (SSSR count). The van der Waals surface area contributed by atoms with Crippen molar-refractivity contribution in [1.29, 1.82) is 0 Å². The highest BCUT2D eigenvalue weighted by atomic mass is 79.9. The SMILES string of the molecule is CCCN1CCC[C@@H]2c3cc(Br)c(Br)c4c3c(c(C)n4CONC(C)=O)C[C@H]21. The molecule has 1 aliphatic heterocycles. The van der Waals surface area contributed by atoms with E-state index in [9.17, 15) is 4.79 Å². The van der Waals surface area contributed by atoms with E-state index in [1.807, 2.05) is 0 Å². The molecule has 0 radical (unpaired) electrons. The van der Waals surface area contributed by atoms with Gasteiger partial charge in [0.25, 0.3) is 0 Å². The van der Waals surface area contributed by atoms with Gasteiger partial charge < -0.3 is 4.57 Å². The van der Waals surface area contributed by atoms with Crippen molar-refractivity contribution in [3.8, 4) is 0 Å². The van der Waals surface area contributed by atoms with E-state index in [-0.39, 0.29) is 5.91 Å². The highest BCUT2D eigenvalue weighted by Crippen LogP contribution is 2.49. The highest BCUT2D eigenvalue weighted by molar-refractivity contribution is 9.13. The zero-order valence-electron chi connectivity index (χ0n) is 16.6. The van der Waals surface area contributed by atoms with E-state index in [1.165, 1.54) is 61.5 Å². The molecule has 28 heavy (non-hydrogen) atoms. The first-order valence-electron chi connectivity index (χ1n) is 10.1. The largest absolute Gasteiger partial charge is 0.317 e. The van der Waals surface area contributed by atoms with Crippen LogP contribution in [-0.2, 0) is 22.8 Å². The summed E-state index contributed by atoms with van der Waals surface area (Å²) in [6.07, 6.45) is 4.79. The van der Waals surface area contributed by atoms with Crippen LogP contribution in [0.1, 0.15) is 55.8 Å². The maximum atomic E-state index is 11.2. The highest BCUT2D eigenvalue weighted by Gasteiger charge is 2.39. The fraction of sp³-hybridized carbons (Fsp3) is 0.571. The third-order valence-electron chi connectivity index (χ3n) is 6.27. The molecule has 0 bridgehead atoms. The smallest absolute Gasteiger partial charge is 0.240 e. The van der Waals surface area contributed by atoms with Crippen LogP contribution in [-0.4, -0.2) is 34.5 Å². The number of amides is 1. The van der Waals surface area contributed by atoms with Gasteiger partial charge in [-0.05, 0) is 94.7 Å². The predicted molar refractivity (Wildman–Crippen MR) is 118 cm³/mol. The Hall–Kier alpha value is -0.890. The minimum atomic E-state index is -0.194. The number of nitrogens with one attached hydrogen (secondary N) is 1. The molecular weight excluding hydrogens is 486 g/mol. The van der Waals surface area contributed by atoms with Crippen molar-refractivity contribution in [3.63, 3.8) is 0 Å². The molecule has 7 heteroatoms. The Kier molecular flexibility index (Phi) is 5.89. The molecule has 1 aliphatic carbocycles. The van der Waals surface area contributed by atoms with Gasteiger partial charge in [0.05, 0.1) is 9.99 Å². The summed E-state index contributed by atoms with van der Waals surface area (Å²) in [4.78, 5) is 19.4. The molecule has 152 valence electrons. The second-order valence-corrected chi connectivity index (χ2v) is 9.61. The van der Waals surface area contributed by atoms with E-state index in [0.717, 1.165) is 20.9 Å².